The number of aromatic nitrogens is 1. The van der Waals surface area contributed by atoms with Crippen LogP contribution >= 0.6 is 0 Å². The lowest BCUT2D eigenvalue weighted by Crippen LogP contribution is -2.49. The predicted molar refractivity (Wildman–Crippen MR) is 85.7 cm³/mol. The number of fused-ring (bicyclic) bond motifs is 1. The van der Waals surface area contributed by atoms with E-state index in [4.69, 9.17) is 5.11 Å². The quantitative estimate of drug-likeness (QED) is 0.733. The maximum absolute atomic E-state index is 13.2. The van der Waals surface area contributed by atoms with Crippen molar-refractivity contribution in [2.75, 3.05) is 0 Å². The first-order valence-corrected chi connectivity index (χ1v) is 7.67. The minimum absolute atomic E-state index is 0.106. The van der Waals surface area contributed by atoms with Gasteiger partial charge in [-0.25, -0.2) is 4.39 Å². The van der Waals surface area contributed by atoms with Crippen LogP contribution < -0.4 is 5.32 Å². The van der Waals surface area contributed by atoms with Crippen molar-refractivity contribution in [3.63, 3.8) is 0 Å². The van der Waals surface area contributed by atoms with Crippen molar-refractivity contribution in [3.8, 4) is 0 Å². The zero-order valence-electron chi connectivity index (χ0n) is 13.3. The van der Waals surface area contributed by atoms with E-state index >= 15 is 0 Å². The highest BCUT2D eigenvalue weighted by Crippen LogP contribution is 2.22. The number of amides is 1. The molecule has 0 atom stereocenters. The summed E-state index contributed by atoms with van der Waals surface area (Å²) < 4.78 is 13.2. The third-order valence-corrected chi connectivity index (χ3v) is 4.33. The number of carbonyl (C=O) groups excluding carboxylic acids is 1. The molecule has 0 aliphatic carbocycles. The number of aliphatic carboxylic acids is 1. The van der Waals surface area contributed by atoms with Crippen LogP contribution in [-0.2, 0) is 16.0 Å². The van der Waals surface area contributed by atoms with E-state index < -0.39 is 11.5 Å². The van der Waals surface area contributed by atoms with Gasteiger partial charge in [0.1, 0.15) is 5.82 Å². The minimum atomic E-state index is -0.934. The Morgan fingerprint density at radius 2 is 2.00 bits per heavy atom. The van der Waals surface area contributed by atoms with Crippen LogP contribution in [0.25, 0.3) is 10.9 Å². The molecular formula is C17H21FN2O3. The van der Waals surface area contributed by atoms with Gasteiger partial charge >= 0.3 is 5.97 Å². The van der Waals surface area contributed by atoms with Gasteiger partial charge in [0.15, 0.2) is 0 Å². The van der Waals surface area contributed by atoms with Gasteiger partial charge in [-0.15, -0.1) is 0 Å². The van der Waals surface area contributed by atoms with Gasteiger partial charge in [-0.3, -0.25) is 9.59 Å². The summed E-state index contributed by atoms with van der Waals surface area (Å²) in [5, 5.41) is 12.7. The van der Waals surface area contributed by atoms with E-state index in [2.05, 4.69) is 10.3 Å². The normalized spacial score (nSPS) is 11.6. The number of carboxylic acids is 1. The summed E-state index contributed by atoms with van der Waals surface area (Å²) in [4.78, 5) is 26.3. The first-order valence-electron chi connectivity index (χ1n) is 7.67. The molecule has 23 heavy (non-hydrogen) atoms. The van der Waals surface area contributed by atoms with Crippen molar-refractivity contribution >= 4 is 22.8 Å². The Labute approximate surface area is 133 Å². The van der Waals surface area contributed by atoms with Crippen molar-refractivity contribution in [3.05, 3.63) is 35.8 Å². The molecule has 0 saturated carbocycles. The first-order chi connectivity index (χ1) is 10.9. The van der Waals surface area contributed by atoms with E-state index in [9.17, 15) is 14.0 Å². The molecule has 1 aromatic heterocycles. The molecule has 0 fully saturated rings. The molecule has 2 rings (SSSR count). The standard InChI is InChI=1S/C17H21FN2O3/c1-3-17(4-2,9-16(22)23)20-15(21)7-11-10-19-14-8-12(18)5-6-13(11)14/h5-6,8,10,19H,3-4,7,9H2,1-2H3,(H,20,21)(H,22,23). The Morgan fingerprint density at radius 3 is 2.61 bits per heavy atom. The molecule has 1 aromatic carbocycles. The molecule has 1 amide bonds. The molecular weight excluding hydrogens is 299 g/mol. The molecule has 3 N–H and O–H groups in total. The van der Waals surface area contributed by atoms with Gasteiger partial charge in [0.25, 0.3) is 0 Å². The van der Waals surface area contributed by atoms with Crippen LogP contribution in [0.15, 0.2) is 24.4 Å². The number of rotatable bonds is 7. The fraction of sp³-hybridized carbons (Fsp3) is 0.412. The van der Waals surface area contributed by atoms with Gasteiger partial charge in [-0.1, -0.05) is 13.8 Å². The Bertz CT molecular complexity index is 720. The van der Waals surface area contributed by atoms with Gasteiger partial charge in [-0.2, -0.15) is 0 Å². The van der Waals surface area contributed by atoms with Gasteiger partial charge in [0.2, 0.25) is 5.91 Å². The molecule has 5 nitrogen and oxygen atoms in total. The fourth-order valence-electron chi connectivity index (χ4n) is 2.83. The van der Waals surface area contributed by atoms with Crippen LogP contribution in [0.4, 0.5) is 4.39 Å². The second-order valence-corrected chi connectivity index (χ2v) is 5.79. The molecule has 2 aromatic rings. The Morgan fingerprint density at radius 1 is 1.30 bits per heavy atom. The Balaban J connectivity index is 2.15. The average Bonchev–Trinajstić information content (AvgIpc) is 2.87. The minimum Gasteiger partial charge on any atom is -0.481 e. The van der Waals surface area contributed by atoms with E-state index in [0.717, 1.165) is 10.9 Å². The lowest BCUT2D eigenvalue weighted by Gasteiger charge is -2.31. The number of H-pyrrole nitrogens is 1. The van der Waals surface area contributed by atoms with Gasteiger partial charge in [0, 0.05) is 22.6 Å². The molecule has 6 heteroatoms. The number of nitrogens with one attached hydrogen (secondary N) is 2. The summed E-state index contributed by atoms with van der Waals surface area (Å²) in [6.45, 7) is 3.72. The van der Waals surface area contributed by atoms with Crippen LogP contribution in [-0.4, -0.2) is 27.5 Å². The number of hydrogen-bond donors (Lipinski definition) is 3. The van der Waals surface area contributed by atoms with E-state index in [-0.39, 0.29) is 24.6 Å². The average molecular weight is 320 g/mol. The molecule has 0 radical (unpaired) electrons. The van der Waals surface area contributed by atoms with Gasteiger partial charge in [-0.05, 0) is 36.6 Å². The predicted octanol–water partition coefficient (Wildman–Crippen LogP) is 3.00. The number of carbonyl (C=O) groups is 2. The summed E-state index contributed by atoms with van der Waals surface area (Å²) in [5.74, 6) is -1.51. The number of hydrogen-bond acceptors (Lipinski definition) is 2. The Hall–Kier alpha value is -2.37. The smallest absolute Gasteiger partial charge is 0.305 e. The molecule has 0 unspecified atom stereocenters. The van der Waals surface area contributed by atoms with Crippen molar-refractivity contribution in [1.29, 1.82) is 0 Å². The van der Waals surface area contributed by atoms with Crippen LogP contribution in [0, 0.1) is 5.82 Å². The molecule has 0 saturated heterocycles. The molecule has 0 aliphatic heterocycles. The highest BCUT2D eigenvalue weighted by atomic mass is 19.1. The first kappa shape index (κ1) is 17.0. The van der Waals surface area contributed by atoms with Crippen molar-refractivity contribution in [1.82, 2.24) is 10.3 Å². The van der Waals surface area contributed by atoms with Crippen molar-refractivity contribution in [2.24, 2.45) is 0 Å². The third-order valence-electron chi connectivity index (χ3n) is 4.33. The topological polar surface area (TPSA) is 82.2 Å². The van der Waals surface area contributed by atoms with E-state index in [1.807, 2.05) is 13.8 Å². The highest BCUT2D eigenvalue weighted by molar-refractivity contribution is 5.89. The summed E-state index contributed by atoms with van der Waals surface area (Å²) in [6.07, 6.45) is 2.78. The SMILES string of the molecule is CCC(CC)(CC(=O)O)NC(=O)Cc1c[nH]c2cc(F)ccc12. The highest BCUT2D eigenvalue weighted by Gasteiger charge is 2.31. The maximum Gasteiger partial charge on any atom is 0.305 e. The van der Waals surface area contributed by atoms with Crippen molar-refractivity contribution < 1.29 is 19.1 Å². The number of carboxylic acid groups (broad SMARTS) is 1. The monoisotopic (exact) mass is 320 g/mol. The Kier molecular flexibility index (Phi) is 5.03. The van der Waals surface area contributed by atoms with E-state index in [1.54, 1.807) is 12.3 Å². The van der Waals surface area contributed by atoms with Crippen molar-refractivity contribution in [2.45, 2.75) is 45.1 Å². The number of benzene rings is 1. The number of halogens is 1. The zero-order valence-corrected chi connectivity index (χ0v) is 13.3. The lowest BCUT2D eigenvalue weighted by molar-refractivity contribution is -0.139. The van der Waals surface area contributed by atoms with Crippen LogP contribution in [0.1, 0.15) is 38.7 Å². The number of aromatic amines is 1. The summed E-state index contributed by atoms with van der Waals surface area (Å²) in [6, 6.07) is 4.36. The summed E-state index contributed by atoms with van der Waals surface area (Å²) >= 11 is 0. The van der Waals surface area contributed by atoms with E-state index in [0.29, 0.717) is 18.4 Å². The molecule has 0 aliphatic rings. The molecule has 124 valence electrons. The second-order valence-electron chi connectivity index (χ2n) is 5.79. The third kappa shape index (κ3) is 3.88. The van der Waals surface area contributed by atoms with Gasteiger partial charge in [0.05, 0.1) is 12.8 Å². The van der Waals surface area contributed by atoms with E-state index in [1.165, 1.54) is 12.1 Å². The fourth-order valence-corrected chi connectivity index (χ4v) is 2.83. The molecule has 0 bridgehead atoms. The van der Waals surface area contributed by atoms with Crippen LogP contribution in [0.5, 0.6) is 0 Å². The van der Waals surface area contributed by atoms with Crippen LogP contribution in [0.2, 0.25) is 0 Å². The summed E-state index contributed by atoms with van der Waals surface area (Å²) in [5.41, 5.74) is 0.658. The van der Waals surface area contributed by atoms with Gasteiger partial charge < -0.3 is 15.4 Å². The largest absolute Gasteiger partial charge is 0.481 e. The zero-order chi connectivity index (χ0) is 17.0. The molecule has 0 spiro atoms. The van der Waals surface area contributed by atoms with Crippen LogP contribution in [0.3, 0.4) is 0 Å². The maximum atomic E-state index is 13.2. The summed E-state index contributed by atoms with van der Waals surface area (Å²) in [7, 11) is 0. The lowest BCUT2D eigenvalue weighted by atomic mass is 9.88. The second kappa shape index (κ2) is 6.81. The molecule has 1 heterocycles.